The van der Waals surface area contributed by atoms with E-state index >= 15 is 0 Å². The Morgan fingerprint density at radius 2 is 2.04 bits per heavy atom. The lowest BCUT2D eigenvalue weighted by Crippen LogP contribution is -2.25. The highest BCUT2D eigenvalue weighted by Gasteiger charge is 2.27. The van der Waals surface area contributed by atoms with Gasteiger partial charge in [0, 0.05) is 19.8 Å². The smallest absolute Gasteiger partial charge is 0.320 e. The van der Waals surface area contributed by atoms with E-state index in [1.807, 2.05) is 6.92 Å². The Balaban J connectivity index is 1.81. The number of hydrogen-bond donors (Lipinski definition) is 2. The molecule has 0 aliphatic carbocycles. The molecule has 0 unspecified atom stereocenters. The molecule has 3 aromatic heterocycles. The molecule has 0 saturated carbocycles. The molecule has 0 radical (unpaired) electrons. The van der Waals surface area contributed by atoms with E-state index in [0.717, 1.165) is 6.20 Å². The second-order valence-electron chi connectivity index (χ2n) is 5.76. The highest BCUT2D eigenvalue weighted by molar-refractivity contribution is 6.09. The highest BCUT2D eigenvalue weighted by atomic mass is 16.6. The van der Waals surface area contributed by atoms with Crippen molar-refractivity contribution < 1.29 is 18.9 Å². The molecule has 0 aromatic carbocycles. The Hall–Kier alpha value is -3.96. The number of hydrogen-bond acceptors (Lipinski definition) is 7. The number of furan rings is 1. The van der Waals surface area contributed by atoms with Crippen LogP contribution in [0, 0.1) is 10.1 Å². The molecule has 12 heteroatoms. The van der Waals surface area contributed by atoms with Crippen LogP contribution in [-0.4, -0.2) is 36.3 Å². The van der Waals surface area contributed by atoms with E-state index in [9.17, 15) is 19.7 Å². The molecule has 0 saturated heterocycles. The predicted molar refractivity (Wildman–Crippen MR) is 95.6 cm³/mol. The van der Waals surface area contributed by atoms with Gasteiger partial charge < -0.3 is 15.1 Å². The van der Waals surface area contributed by atoms with Crippen LogP contribution in [0.1, 0.15) is 33.7 Å². The van der Waals surface area contributed by atoms with Crippen molar-refractivity contribution in [3.05, 3.63) is 58.1 Å². The van der Waals surface area contributed by atoms with Gasteiger partial charge in [0.25, 0.3) is 11.8 Å². The van der Waals surface area contributed by atoms with Gasteiger partial charge in [-0.2, -0.15) is 10.2 Å². The molecule has 3 aromatic rings. The van der Waals surface area contributed by atoms with Crippen molar-refractivity contribution in [3.8, 4) is 0 Å². The third kappa shape index (κ3) is 3.90. The molecule has 0 aliphatic heterocycles. The van der Waals surface area contributed by atoms with E-state index in [1.54, 1.807) is 12.1 Å². The molecule has 146 valence electrons. The van der Waals surface area contributed by atoms with Crippen LogP contribution in [0.4, 0.5) is 11.4 Å². The minimum atomic E-state index is -0.817. The number of nitro groups is 1. The number of carbonyl (C=O) groups is 2. The number of anilines is 1. The highest BCUT2D eigenvalue weighted by Crippen LogP contribution is 2.20. The average Bonchev–Trinajstić information content (AvgIpc) is 3.38. The molecule has 12 nitrogen and oxygen atoms in total. The normalized spacial score (nSPS) is 10.6. The summed E-state index contributed by atoms with van der Waals surface area (Å²) in [7, 11) is 1.46. The van der Waals surface area contributed by atoms with Crippen molar-refractivity contribution in [2.45, 2.75) is 20.0 Å². The summed E-state index contributed by atoms with van der Waals surface area (Å²) in [5.74, 6) is -0.796. The lowest BCUT2D eigenvalue weighted by Gasteiger charge is -2.04. The van der Waals surface area contributed by atoms with Gasteiger partial charge in [-0.3, -0.25) is 29.1 Å². The number of carbonyl (C=O) groups excluding carboxylic acids is 2. The summed E-state index contributed by atoms with van der Waals surface area (Å²) >= 11 is 0. The number of aromatic nitrogens is 4. The molecule has 0 fully saturated rings. The third-order valence-corrected chi connectivity index (χ3v) is 3.77. The first kappa shape index (κ1) is 18.8. The number of amides is 2. The van der Waals surface area contributed by atoms with E-state index < -0.39 is 22.4 Å². The first-order valence-corrected chi connectivity index (χ1v) is 8.26. The van der Waals surface area contributed by atoms with Crippen LogP contribution < -0.4 is 10.6 Å². The minimum absolute atomic E-state index is 0.0275. The van der Waals surface area contributed by atoms with Crippen LogP contribution in [-0.2, 0) is 20.1 Å². The van der Waals surface area contributed by atoms with Crippen LogP contribution in [0.25, 0.3) is 0 Å². The van der Waals surface area contributed by atoms with Crippen molar-refractivity contribution in [3.63, 3.8) is 0 Å². The van der Waals surface area contributed by atoms with Gasteiger partial charge in [-0.25, -0.2) is 0 Å². The van der Waals surface area contributed by atoms with Gasteiger partial charge in [0.1, 0.15) is 12.0 Å². The molecule has 28 heavy (non-hydrogen) atoms. The zero-order valence-electron chi connectivity index (χ0n) is 15.1. The van der Waals surface area contributed by atoms with E-state index in [0.29, 0.717) is 12.3 Å². The minimum Gasteiger partial charge on any atom is -0.467 e. The maximum absolute atomic E-state index is 12.5. The van der Waals surface area contributed by atoms with Gasteiger partial charge in [-0.1, -0.05) is 0 Å². The molecule has 2 amide bonds. The standard InChI is InChI=1S/C16H17N7O5/c1-3-22-8-11(13(20-22)15(24)17-7-10-5-4-6-28-10)18-16(25)14-12(23(26)27)9-21(2)19-14/h4-6,8-9H,3,7H2,1-2H3,(H,17,24)(H,18,25). The third-order valence-electron chi connectivity index (χ3n) is 3.77. The molecular formula is C16H17N7O5. The topological polar surface area (TPSA) is 150 Å². The van der Waals surface area contributed by atoms with Crippen molar-refractivity contribution >= 4 is 23.2 Å². The summed E-state index contributed by atoms with van der Waals surface area (Å²) in [4.78, 5) is 35.4. The molecule has 0 atom stereocenters. The Labute approximate surface area is 158 Å². The van der Waals surface area contributed by atoms with Crippen LogP contribution in [0.15, 0.2) is 35.2 Å². The van der Waals surface area contributed by atoms with Gasteiger partial charge in [0.2, 0.25) is 5.69 Å². The number of nitrogens with zero attached hydrogens (tertiary/aromatic N) is 5. The molecular weight excluding hydrogens is 370 g/mol. The Morgan fingerprint density at radius 3 is 2.68 bits per heavy atom. The summed E-state index contributed by atoms with van der Waals surface area (Å²) < 4.78 is 7.78. The van der Waals surface area contributed by atoms with Gasteiger partial charge in [-0.05, 0) is 19.1 Å². The monoisotopic (exact) mass is 387 g/mol. The first-order chi connectivity index (χ1) is 13.4. The zero-order valence-corrected chi connectivity index (χ0v) is 15.1. The van der Waals surface area contributed by atoms with E-state index in [-0.39, 0.29) is 23.6 Å². The Morgan fingerprint density at radius 1 is 1.25 bits per heavy atom. The summed E-state index contributed by atoms with van der Waals surface area (Å²) in [5, 5.41) is 24.2. The number of aryl methyl sites for hydroxylation is 2. The zero-order chi connectivity index (χ0) is 20.3. The van der Waals surface area contributed by atoms with Gasteiger partial charge in [-0.15, -0.1) is 0 Å². The van der Waals surface area contributed by atoms with Crippen LogP contribution in [0.3, 0.4) is 0 Å². The second kappa shape index (κ2) is 7.73. The SMILES string of the molecule is CCn1cc(NC(=O)c2nn(C)cc2[N+](=O)[O-])c(C(=O)NCc2ccco2)n1. The lowest BCUT2D eigenvalue weighted by molar-refractivity contribution is -0.385. The number of nitrogens with one attached hydrogen (secondary N) is 2. The van der Waals surface area contributed by atoms with Crippen molar-refractivity contribution in [1.82, 2.24) is 24.9 Å². The van der Waals surface area contributed by atoms with E-state index in [1.165, 1.54) is 28.9 Å². The largest absolute Gasteiger partial charge is 0.467 e. The van der Waals surface area contributed by atoms with Crippen LogP contribution in [0.5, 0.6) is 0 Å². The van der Waals surface area contributed by atoms with Crippen molar-refractivity contribution in [2.24, 2.45) is 7.05 Å². The Bertz CT molecular complexity index is 1020. The first-order valence-electron chi connectivity index (χ1n) is 8.26. The van der Waals surface area contributed by atoms with Crippen molar-refractivity contribution in [2.75, 3.05) is 5.32 Å². The predicted octanol–water partition coefficient (Wildman–Crippen LogP) is 1.32. The summed E-state index contributed by atoms with van der Waals surface area (Å²) in [6.45, 7) is 2.41. The molecule has 0 spiro atoms. The molecule has 0 bridgehead atoms. The van der Waals surface area contributed by atoms with Gasteiger partial charge in [0.15, 0.2) is 5.69 Å². The molecule has 3 rings (SSSR count). The maximum atomic E-state index is 12.5. The molecule has 0 aliphatic rings. The summed E-state index contributed by atoms with van der Waals surface area (Å²) in [5.41, 5.74) is -0.713. The van der Waals surface area contributed by atoms with Gasteiger partial charge >= 0.3 is 5.69 Å². The summed E-state index contributed by atoms with van der Waals surface area (Å²) in [6.07, 6.45) is 4.08. The Kier molecular flexibility index (Phi) is 5.20. The fourth-order valence-corrected chi connectivity index (χ4v) is 2.46. The maximum Gasteiger partial charge on any atom is 0.320 e. The molecule has 3 heterocycles. The second-order valence-corrected chi connectivity index (χ2v) is 5.76. The van der Waals surface area contributed by atoms with Gasteiger partial charge in [0.05, 0.1) is 23.4 Å². The van der Waals surface area contributed by atoms with Crippen molar-refractivity contribution in [1.29, 1.82) is 0 Å². The van der Waals surface area contributed by atoms with E-state index in [2.05, 4.69) is 20.8 Å². The van der Waals surface area contributed by atoms with E-state index in [4.69, 9.17) is 4.42 Å². The quantitative estimate of drug-likeness (QED) is 0.458. The lowest BCUT2D eigenvalue weighted by atomic mass is 10.3. The number of rotatable bonds is 7. The average molecular weight is 387 g/mol. The molecule has 2 N–H and O–H groups in total. The van der Waals surface area contributed by atoms with Crippen LogP contribution in [0.2, 0.25) is 0 Å². The fourth-order valence-electron chi connectivity index (χ4n) is 2.46. The fraction of sp³-hybridized carbons (Fsp3) is 0.250. The van der Waals surface area contributed by atoms with Crippen LogP contribution >= 0.6 is 0 Å². The summed E-state index contributed by atoms with van der Waals surface area (Å²) in [6, 6.07) is 3.40.